The van der Waals surface area contributed by atoms with Gasteiger partial charge in [0.1, 0.15) is 5.78 Å². The van der Waals surface area contributed by atoms with E-state index in [4.69, 9.17) is 0 Å². The van der Waals surface area contributed by atoms with E-state index in [0.717, 1.165) is 43.4 Å². The summed E-state index contributed by atoms with van der Waals surface area (Å²) < 4.78 is 0. The second-order valence-corrected chi connectivity index (χ2v) is 12.0. The molecule has 3 fully saturated rings. The molecule has 9 atom stereocenters. The standard InChI is InChI=1S/C28H44O2/c1-18(20(3)17-29)6-7-19(2)24-10-11-25-23-9-8-21-16-22(30)12-14-27(21,4)26(23)13-15-28(24,25)5/h6-7,9,18-21,24-26,29H,8,10-17H2,1-5H3/t18-,19+,20+,21+,24+,25+,26+,27-,28+/m0/s1. The average Bonchev–Trinajstić information content (AvgIpc) is 3.09. The molecule has 0 saturated heterocycles. The first-order valence-electron chi connectivity index (χ1n) is 12.7. The normalized spacial score (nSPS) is 44.1. The highest BCUT2D eigenvalue weighted by molar-refractivity contribution is 5.79. The molecule has 3 saturated carbocycles. The number of carbonyl (C=O) groups is 1. The van der Waals surface area contributed by atoms with Gasteiger partial charge >= 0.3 is 0 Å². The van der Waals surface area contributed by atoms with Crippen molar-refractivity contribution in [1.29, 1.82) is 0 Å². The number of ketones is 1. The molecule has 2 heteroatoms. The number of Topliss-reactive ketones (excluding diaryl/α,β-unsaturated/α-hetero) is 1. The van der Waals surface area contributed by atoms with Crippen molar-refractivity contribution in [3.8, 4) is 0 Å². The Kier molecular flexibility index (Phi) is 6.12. The third-order valence-electron chi connectivity index (χ3n) is 10.5. The summed E-state index contributed by atoms with van der Waals surface area (Å²) in [7, 11) is 0. The van der Waals surface area contributed by atoms with E-state index in [1.807, 2.05) is 0 Å². The summed E-state index contributed by atoms with van der Waals surface area (Å²) in [5, 5.41) is 9.45. The maximum absolute atomic E-state index is 12.1. The SMILES string of the molecule is C[C@H](C=C[C@H](C)[C@H](C)CO)[C@H]1CC[C@@H]2C3=CC[C@@H]4CC(=O)CC[C@]4(C)[C@@H]3CC[C@@]21C. The van der Waals surface area contributed by atoms with Crippen LogP contribution in [0.2, 0.25) is 0 Å². The molecule has 0 aromatic rings. The Bertz CT molecular complexity index is 720. The molecule has 1 N–H and O–H groups in total. The van der Waals surface area contributed by atoms with Crippen molar-refractivity contribution < 1.29 is 9.90 Å². The van der Waals surface area contributed by atoms with Gasteiger partial charge in [-0.25, -0.2) is 0 Å². The summed E-state index contributed by atoms with van der Waals surface area (Å²) >= 11 is 0. The smallest absolute Gasteiger partial charge is 0.133 e. The van der Waals surface area contributed by atoms with Crippen LogP contribution in [0.25, 0.3) is 0 Å². The monoisotopic (exact) mass is 412 g/mol. The molecule has 2 nitrogen and oxygen atoms in total. The lowest BCUT2D eigenvalue weighted by Gasteiger charge is -2.57. The summed E-state index contributed by atoms with van der Waals surface area (Å²) in [6, 6.07) is 0. The van der Waals surface area contributed by atoms with Crippen LogP contribution in [-0.4, -0.2) is 17.5 Å². The molecule has 0 amide bonds. The van der Waals surface area contributed by atoms with Crippen LogP contribution in [0.3, 0.4) is 0 Å². The lowest BCUT2D eigenvalue weighted by molar-refractivity contribution is -0.127. The van der Waals surface area contributed by atoms with Crippen LogP contribution in [0.4, 0.5) is 0 Å². The summed E-state index contributed by atoms with van der Waals surface area (Å²) in [6.07, 6.45) is 16.7. The minimum absolute atomic E-state index is 0.268. The van der Waals surface area contributed by atoms with Gasteiger partial charge in [-0.3, -0.25) is 4.79 Å². The summed E-state index contributed by atoms with van der Waals surface area (Å²) in [5.41, 5.74) is 2.57. The fourth-order valence-electron chi connectivity index (χ4n) is 8.05. The van der Waals surface area contributed by atoms with E-state index in [9.17, 15) is 9.90 Å². The minimum atomic E-state index is 0.268. The highest BCUT2D eigenvalue weighted by atomic mass is 16.3. The topological polar surface area (TPSA) is 37.3 Å². The van der Waals surface area contributed by atoms with Gasteiger partial charge in [0.15, 0.2) is 0 Å². The number of aliphatic hydroxyl groups is 1. The average molecular weight is 413 g/mol. The van der Waals surface area contributed by atoms with Crippen LogP contribution in [0.15, 0.2) is 23.8 Å². The highest BCUT2D eigenvalue weighted by Gasteiger charge is 2.58. The van der Waals surface area contributed by atoms with Crippen molar-refractivity contribution in [3.63, 3.8) is 0 Å². The van der Waals surface area contributed by atoms with E-state index >= 15 is 0 Å². The van der Waals surface area contributed by atoms with Crippen LogP contribution in [-0.2, 0) is 4.79 Å². The van der Waals surface area contributed by atoms with Crippen molar-refractivity contribution in [1.82, 2.24) is 0 Å². The molecule has 0 spiro atoms. The van der Waals surface area contributed by atoms with E-state index < -0.39 is 0 Å². The Morgan fingerprint density at radius 1 is 1.07 bits per heavy atom. The highest BCUT2D eigenvalue weighted by Crippen LogP contribution is 2.66. The first-order valence-corrected chi connectivity index (χ1v) is 12.7. The Morgan fingerprint density at radius 2 is 1.80 bits per heavy atom. The van der Waals surface area contributed by atoms with Crippen LogP contribution >= 0.6 is 0 Å². The van der Waals surface area contributed by atoms with Crippen LogP contribution < -0.4 is 0 Å². The molecule has 0 bridgehead atoms. The quantitative estimate of drug-likeness (QED) is 0.517. The number of hydrogen-bond donors (Lipinski definition) is 1. The number of carbonyl (C=O) groups excluding carboxylic acids is 1. The van der Waals surface area contributed by atoms with Crippen molar-refractivity contribution in [3.05, 3.63) is 23.8 Å². The van der Waals surface area contributed by atoms with Crippen LogP contribution in [0.1, 0.15) is 86.0 Å². The Labute approximate surface area is 184 Å². The van der Waals surface area contributed by atoms with Gasteiger partial charge in [0.25, 0.3) is 0 Å². The summed E-state index contributed by atoms with van der Waals surface area (Å²) in [4.78, 5) is 12.1. The maximum atomic E-state index is 12.1. The van der Waals surface area contributed by atoms with E-state index in [1.165, 1.54) is 25.7 Å². The van der Waals surface area contributed by atoms with Crippen molar-refractivity contribution in [2.75, 3.05) is 6.61 Å². The van der Waals surface area contributed by atoms with E-state index in [2.05, 4.69) is 52.8 Å². The molecule has 0 aromatic carbocycles. The summed E-state index contributed by atoms with van der Waals surface area (Å²) in [5.74, 6) is 4.69. The zero-order valence-electron chi connectivity index (χ0n) is 20.0. The zero-order valence-corrected chi connectivity index (χ0v) is 20.0. The Morgan fingerprint density at radius 3 is 2.53 bits per heavy atom. The van der Waals surface area contributed by atoms with Crippen LogP contribution in [0.5, 0.6) is 0 Å². The van der Waals surface area contributed by atoms with Gasteiger partial charge in [-0.2, -0.15) is 0 Å². The van der Waals surface area contributed by atoms with E-state index in [1.54, 1.807) is 5.57 Å². The van der Waals surface area contributed by atoms with Gasteiger partial charge in [0.2, 0.25) is 0 Å². The molecule has 168 valence electrons. The molecular weight excluding hydrogens is 368 g/mol. The van der Waals surface area contributed by atoms with Crippen molar-refractivity contribution in [2.24, 2.45) is 52.3 Å². The van der Waals surface area contributed by atoms with Gasteiger partial charge in [-0.15, -0.1) is 0 Å². The Balaban J connectivity index is 1.52. The van der Waals surface area contributed by atoms with Gasteiger partial charge in [-0.05, 0) is 90.8 Å². The number of allylic oxidation sites excluding steroid dienone is 4. The number of fused-ring (bicyclic) bond motifs is 5. The second-order valence-electron chi connectivity index (χ2n) is 12.0. The molecule has 4 aliphatic carbocycles. The molecule has 4 rings (SSSR count). The predicted octanol–water partition coefficient (Wildman–Crippen LogP) is 6.59. The fraction of sp³-hybridized carbons (Fsp3) is 0.821. The molecule has 0 unspecified atom stereocenters. The third-order valence-corrected chi connectivity index (χ3v) is 10.5. The van der Waals surface area contributed by atoms with Gasteiger partial charge in [0.05, 0.1) is 0 Å². The minimum Gasteiger partial charge on any atom is -0.396 e. The molecule has 0 aromatic heterocycles. The number of aliphatic hydroxyl groups excluding tert-OH is 1. The first kappa shape index (κ1) is 22.3. The lowest BCUT2D eigenvalue weighted by Crippen LogP contribution is -2.49. The fourth-order valence-corrected chi connectivity index (χ4v) is 8.05. The van der Waals surface area contributed by atoms with E-state index in [0.29, 0.717) is 40.3 Å². The molecule has 4 aliphatic rings. The Hall–Kier alpha value is -0.890. The van der Waals surface area contributed by atoms with Gasteiger partial charge in [-0.1, -0.05) is 58.4 Å². The number of hydrogen-bond acceptors (Lipinski definition) is 2. The molecule has 30 heavy (non-hydrogen) atoms. The molecular formula is C28H44O2. The lowest BCUT2D eigenvalue weighted by atomic mass is 9.48. The zero-order chi connectivity index (χ0) is 21.7. The first-order chi connectivity index (χ1) is 14.2. The largest absolute Gasteiger partial charge is 0.396 e. The van der Waals surface area contributed by atoms with Crippen molar-refractivity contribution in [2.45, 2.75) is 86.0 Å². The number of rotatable bonds is 5. The molecule has 0 aliphatic heterocycles. The second kappa shape index (κ2) is 8.23. The third kappa shape index (κ3) is 3.55. The molecule has 0 radical (unpaired) electrons. The van der Waals surface area contributed by atoms with Gasteiger partial charge in [0, 0.05) is 19.4 Å². The maximum Gasteiger partial charge on any atom is 0.133 e. The molecule has 0 heterocycles. The van der Waals surface area contributed by atoms with E-state index in [-0.39, 0.29) is 6.61 Å². The van der Waals surface area contributed by atoms with Gasteiger partial charge < -0.3 is 5.11 Å². The summed E-state index contributed by atoms with van der Waals surface area (Å²) in [6.45, 7) is 12.2. The predicted molar refractivity (Wildman–Crippen MR) is 124 cm³/mol. The van der Waals surface area contributed by atoms with Crippen molar-refractivity contribution >= 4 is 5.78 Å². The van der Waals surface area contributed by atoms with Crippen LogP contribution in [0, 0.1) is 52.3 Å².